The van der Waals surface area contributed by atoms with Gasteiger partial charge in [-0.1, -0.05) is 47.1 Å². The zero-order chi connectivity index (χ0) is 18.0. The van der Waals surface area contributed by atoms with Crippen LogP contribution in [0.3, 0.4) is 0 Å². The molecule has 0 fully saturated rings. The van der Waals surface area contributed by atoms with E-state index < -0.39 is 0 Å². The number of thioether (sulfide) groups is 1. The number of Topliss-reactive ketones (excluding diaryl/α,β-unsaturated/α-hetero) is 1. The molecule has 0 unspecified atom stereocenters. The molecule has 0 aliphatic carbocycles. The molecule has 1 aromatic heterocycles. The van der Waals surface area contributed by atoms with Crippen LogP contribution in [0.25, 0.3) is 11.4 Å². The number of carbonyl (C=O) groups is 1. The normalized spacial score (nSPS) is 12.2. The molecule has 4 nitrogen and oxygen atoms in total. The van der Waals surface area contributed by atoms with Crippen LogP contribution in [-0.2, 0) is 7.05 Å². The number of halogens is 2. The maximum Gasteiger partial charge on any atom is 0.191 e. The van der Waals surface area contributed by atoms with Gasteiger partial charge in [-0.05, 0) is 43.3 Å². The Morgan fingerprint density at radius 2 is 1.80 bits per heavy atom. The molecule has 3 rings (SSSR count). The first-order valence-electron chi connectivity index (χ1n) is 7.57. The van der Waals surface area contributed by atoms with Gasteiger partial charge in [0.25, 0.3) is 0 Å². The summed E-state index contributed by atoms with van der Waals surface area (Å²) in [6, 6.07) is 14.4. The molecule has 128 valence electrons. The van der Waals surface area contributed by atoms with Crippen LogP contribution in [0.2, 0.25) is 10.0 Å². The molecule has 0 aliphatic rings. The van der Waals surface area contributed by atoms with Gasteiger partial charge in [-0.15, -0.1) is 10.2 Å². The molecule has 0 N–H and O–H groups in total. The van der Waals surface area contributed by atoms with Crippen molar-refractivity contribution < 1.29 is 4.79 Å². The number of rotatable bonds is 5. The predicted octanol–water partition coefficient (Wildman–Crippen LogP) is 5.15. The maximum absolute atomic E-state index is 12.6. The average molecular weight is 392 g/mol. The zero-order valence-electron chi connectivity index (χ0n) is 13.6. The summed E-state index contributed by atoms with van der Waals surface area (Å²) in [5.74, 6) is 0.727. The summed E-state index contributed by atoms with van der Waals surface area (Å²) in [6.45, 7) is 1.85. The van der Waals surface area contributed by atoms with Gasteiger partial charge in [0.15, 0.2) is 16.8 Å². The Morgan fingerprint density at radius 3 is 2.48 bits per heavy atom. The minimum absolute atomic E-state index is 0.00328. The lowest BCUT2D eigenvalue weighted by atomic mass is 10.1. The lowest BCUT2D eigenvalue weighted by molar-refractivity contribution is 0.0994. The fourth-order valence-electron chi connectivity index (χ4n) is 2.36. The molecule has 7 heteroatoms. The van der Waals surface area contributed by atoms with Crippen molar-refractivity contribution in [3.05, 3.63) is 64.1 Å². The Kier molecular flexibility index (Phi) is 5.47. The highest BCUT2D eigenvalue weighted by Crippen LogP contribution is 2.28. The predicted molar refractivity (Wildman–Crippen MR) is 103 cm³/mol. The van der Waals surface area contributed by atoms with Gasteiger partial charge in [-0.3, -0.25) is 4.79 Å². The van der Waals surface area contributed by atoms with Gasteiger partial charge >= 0.3 is 0 Å². The standard InChI is InChI=1S/C18H15Cl2N3OS/c1-11(16(24)13-4-3-5-15(20)10-13)25-18-22-21-17(23(18)2)12-6-8-14(19)9-7-12/h3-11H,1-2H3/t11-/m1/s1. The molecule has 25 heavy (non-hydrogen) atoms. The van der Waals surface area contributed by atoms with Crippen LogP contribution < -0.4 is 0 Å². The summed E-state index contributed by atoms with van der Waals surface area (Å²) < 4.78 is 1.87. The van der Waals surface area contributed by atoms with Crippen molar-refractivity contribution in [3.8, 4) is 11.4 Å². The fraction of sp³-hybridized carbons (Fsp3) is 0.167. The van der Waals surface area contributed by atoms with Crippen LogP contribution in [-0.4, -0.2) is 25.8 Å². The monoisotopic (exact) mass is 391 g/mol. The van der Waals surface area contributed by atoms with Crippen molar-refractivity contribution in [1.29, 1.82) is 0 Å². The molecule has 3 aromatic rings. The molecule has 0 amide bonds. The molecule has 0 aliphatic heterocycles. The summed E-state index contributed by atoms with van der Waals surface area (Å²) in [7, 11) is 1.88. The third kappa shape index (κ3) is 4.06. The van der Waals surface area contributed by atoms with Crippen molar-refractivity contribution in [2.45, 2.75) is 17.3 Å². The summed E-state index contributed by atoms with van der Waals surface area (Å²) in [4.78, 5) is 12.6. The Morgan fingerprint density at radius 1 is 1.08 bits per heavy atom. The van der Waals surface area contributed by atoms with E-state index in [1.165, 1.54) is 11.8 Å². The van der Waals surface area contributed by atoms with Crippen molar-refractivity contribution >= 4 is 40.7 Å². The highest BCUT2D eigenvalue weighted by Gasteiger charge is 2.20. The summed E-state index contributed by atoms with van der Waals surface area (Å²) in [5, 5.41) is 10.0. The minimum Gasteiger partial charge on any atom is -0.305 e. The van der Waals surface area contributed by atoms with Crippen LogP contribution >= 0.6 is 35.0 Å². The number of hydrogen-bond donors (Lipinski definition) is 0. The Labute approximate surface area is 160 Å². The van der Waals surface area contributed by atoms with Gasteiger partial charge in [0.2, 0.25) is 0 Å². The molecule has 0 bridgehead atoms. The second-order valence-corrected chi connectivity index (χ2v) is 7.69. The van der Waals surface area contributed by atoms with Crippen LogP contribution in [0.4, 0.5) is 0 Å². The van der Waals surface area contributed by atoms with Crippen molar-refractivity contribution in [2.75, 3.05) is 0 Å². The molecule has 2 aromatic carbocycles. The number of hydrogen-bond acceptors (Lipinski definition) is 4. The molecular formula is C18H15Cl2N3OS. The Hall–Kier alpha value is -1.82. The third-order valence-electron chi connectivity index (χ3n) is 3.70. The lowest BCUT2D eigenvalue weighted by Gasteiger charge is -2.10. The summed E-state index contributed by atoms with van der Waals surface area (Å²) >= 11 is 13.3. The van der Waals surface area contributed by atoms with E-state index in [1.54, 1.807) is 24.3 Å². The lowest BCUT2D eigenvalue weighted by Crippen LogP contribution is -2.14. The van der Waals surface area contributed by atoms with Crippen LogP contribution in [0.5, 0.6) is 0 Å². The quantitative estimate of drug-likeness (QED) is 0.445. The number of aromatic nitrogens is 3. The molecule has 1 heterocycles. The first-order valence-corrected chi connectivity index (χ1v) is 9.21. The summed E-state index contributed by atoms with van der Waals surface area (Å²) in [6.07, 6.45) is 0. The van der Waals surface area contributed by atoms with E-state index in [0.717, 1.165) is 11.4 Å². The molecule has 0 radical (unpaired) electrons. The fourth-order valence-corrected chi connectivity index (χ4v) is 3.56. The van der Waals surface area contributed by atoms with E-state index in [-0.39, 0.29) is 11.0 Å². The number of ketones is 1. The molecular weight excluding hydrogens is 377 g/mol. The second kappa shape index (κ2) is 7.60. The van der Waals surface area contributed by atoms with Crippen LogP contribution in [0.1, 0.15) is 17.3 Å². The Bertz CT molecular complexity index is 909. The van der Waals surface area contributed by atoms with E-state index in [9.17, 15) is 4.79 Å². The minimum atomic E-state index is -0.306. The van der Waals surface area contributed by atoms with Gasteiger partial charge in [0.1, 0.15) is 0 Å². The second-order valence-electron chi connectivity index (χ2n) is 5.51. The van der Waals surface area contributed by atoms with E-state index >= 15 is 0 Å². The van der Waals surface area contributed by atoms with Crippen molar-refractivity contribution in [3.63, 3.8) is 0 Å². The smallest absolute Gasteiger partial charge is 0.191 e. The number of benzene rings is 2. The first kappa shape index (κ1) is 18.0. The van der Waals surface area contributed by atoms with E-state index in [1.807, 2.05) is 42.8 Å². The molecule has 0 saturated carbocycles. The highest BCUT2D eigenvalue weighted by molar-refractivity contribution is 8.00. The zero-order valence-corrected chi connectivity index (χ0v) is 15.9. The van der Waals surface area contributed by atoms with E-state index in [2.05, 4.69) is 10.2 Å². The van der Waals surface area contributed by atoms with Gasteiger partial charge in [-0.25, -0.2) is 0 Å². The van der Waals surface area contributed by atoms with Crippen LogP contribution in [0, 0.1) is 0 Å². The maximum atomic E-state index is 12.6. The molecule has 1 atom stereocenters. The van der Waals surface area contributed by atoms with Gasteiger partial charge < -0.3 is 4.57 Å². The van der Waals surface area contributed by atoms with Crippen molar-refractivity contribution in [1.82, 2.24) is 14.8 Å². The van der Waals surface area contributed by atoms with E-state index in [0.29, 0.717) is 20.8 Å². The van der Waals surface area contributed by atoms with E-state index in [4.69, 9.17) is 23.2 Å². The number of nitrogens with zero attached hydrogens (tertiary/aromatic N) is 3. The SMILES string of the molecule is C[C@@H](Sc1nnc(-c2ccc(Cl)cc2)n1C)C(=O)c1cccc(Cl)c1. The van der Waals surface area contributed by atoms with Crippen LogP contribution in [0.15, 0.2) is 53.7 Å². The first-order chi connectivity index (χ1) is 12.0. The highest BCUT2D eigenvalue weighted by atomic mass is 35.5. The topological polar surface area (TPSA) is 47.8 Å². The van der Waals surface area contributed by atoms with Crippen molar-refractivity contribution in [2.24, 2.45) is 7.05 Å². The summed E-state index contributed by atoms with van der Waals surface area (Å²) in [5.41, 5.74) is 1.51. The van der Waals surface area contributed by atoms with Gasteiger partial charge in [0, 0.05) is 28.2 Å². The third-order valence-corrected chi connectivity index (χ3v) is 5.32. The van der Waals surface area contributed by atoms with Gasteiger partial charge in [-0.2, -0.15) is 0 Å². The average Bonchev–Trinajstić information content (AvgIpc) is 2.95. The molecule has 0 spiro atoms. The molecule has 0 saturated heterocycles. The van der Waals surface area contributed by atoms with Gasteiger partial charge in [0.05, 0.1) is 5.25 Å². The largest absolute Gasteiger partial charge is 0.305 e. The number of carbonyl (C=O) groups excluding carboxylic acids is 1. The Balaban J connectivity index is 1.79.